The average molecular weight is 249 g/mol. The molecule has 1 aliphatic heterocycles. The van der Waals surface area contributed by atoms with Gasteiger partial charge in [-0.3, -0.25) is 4.90 Å². The minimum absolute atomic E-state index is 0.262. The zero-order valence-corrected chi connectivity index (χ0v) is 10.6. The van der Waals surface area contributed by atoms with Crippen LogP contribution in [0.4, 0.5) is 5.82 Å². The van der Waals surface area contributed by atoms with Crippen LogP contribution in [-0.2, 0) is 0 Å². The van der Waals surface area contributed by atoms with E-state index in [4.69, 9.17) is 10.9 Å². The lowest BCUT2D eigenvalue weighted by molar-refractivity contribution is 0.278. The van der Waals surface area contributed by atoms with Crippen LogP contribution in [0.25, 0.3) is 0 Å². The number of pyridine rings is 1. The summed E-state index contributed by atoms with van der Waals surface area (Å²) < 4.78 is 0. The number of piperazine rings is 1. The highest BCUT2D eigenvalue weighted by Crippen LogP contribution is 2.17. The van der Waals surface area contributed by atoms with E-state index in [2.05, 4.69) is 32.9 Å². The Kier molecular flexibility index (Phi) is 3.99. The van der Waals surface area contributed by atoms with Crippen molar-refractivity contribution in [2.24, 2.45) is 10.9 Å². The molecule has 1 aromatic heterocycles. The maximum absolute atomic E-state index is 8.55. The van der Waals surface area contributed by atoms with Crippen LogP contribution in [0.5, 0.6) is 0 Å². The van der Waals surface area contributed by atoms with E-state index in [9.17, 15) is 0 Å². The fourth-order valence-corrected chi connectivity index (χ4v) is 2.19. The second-order valence-corrected chi connectivity index (χ2v) is 4.50. The van der Waals surface area contributed by atoms with Gasteiger partial charge in [-0.2, -0.15) is 0 Å². The molecule has 6 nitrogen and oxygen atoms in total. The van der Waals surface area contributed by atoms with Gasteiger partial charge in [0.2, 0.25) is 0 Å². The standard InChI is InChI=1S/C12H19N5O/c1-10-3-2-4-14-12(10)17-7-5-16(6-8-17)9-11(13)15-18/h2-4,18H,5-9H2,1H3,(H2,13,15). The fourth-order valence-electron chi connectivity index (χ4n) is 2.19. The summed E-state index contributed by atoms with van der Waals surface area (Å²) in [5.74, 6) is 1.32. The minimum atomic E-state index is 0.262. The Morgan fingerprint density at radius 1 is 1.44 bits per heavy atom. The number of aromatic nitrogens is 1. The number of rotatable bonds is 3. The maximum atomic E-state index is 8.55. The first-order chi connectivity index (χ1) is 8.70. The first-order valence-electron chi connectivity index (χ1n) is 6.06. The molecule has 18 heavy (non-hydrogen) atoms. The lowest BCUT2D eigenvalue weighted by Gasteiger charge is -2.35. The summed E-state index contributed by atoms with van der Waals surface area (Å²) in [6.07, 6.45) is 1.82. The van der Waals surface area contributed by atoms with Crippen LogP contribution in [0.2, 0.25) is 0 Å². The third-order valence-corrected chi connectivity index (χ3v) is 3.17. The molecule has 1 saturated heterocycles. The van der Waals surface area contributed by atoms with Gasteiger partial charge in [0.25, 0.3) is 0 Å². The molecule has 0 unspecified atom stereocenters. The Morgan fingerprint density at radius 3 is 2.78 bits per heavy atom. The van der Waals surface area contributed by atoms with Gasteiger partial charge in [0, 0.05) is 32.4 Å². The van der Waals surface area contributed by atoms with E-state index in [-0.39, 0.29) is 5.84 Å². The Labute approximate surface area is 107 Å². The van der Waals surface area contributed by atoms with Crippen molar-refractivity contribution in [3.8, 4) is 0 Å². The van der Waals surface area contributed by atoms with Crippen molar-refractivity contribution in [3.05, 3.63) is 23.9 Å². The molecule has 0 aliphatic carbocycles. The van der Waals surface area contributed by atoms with Gasteiger partial charge in [-0.15, -0.1) is 0 Å². The summed E-state index contributed by atoms with van der Waals surface area (Å²) in [6.45, 7) is 6.21. The van der Waals surface area contributed by atoms with Crippen LogP contribution in [-0.4, -0.2) is 53.7 Å². The van der Waals surface area contributed by atoms with Gasteiger partial charge in [0.1, 0.15) is 5.82 Å². The third-order valence-electron chi connectivity index (χ3n) is 3.17. The Bertz CT molecular complexity index is 426. The first kappa shape index (κ1) is 12.6. The Hall–Kier alpha value is -1.82. The molecule has 2 heterocycles. The highest BCUT2D eigenvalue weighted by molar-refractivity contribution is 5.81. The van der Waals surface area contributed by atoms with Crippen molar-refractivity contribution >= 4 is 11.7 Å². The predicted octanol–water partition coefficient (Wildman–Crippen LogP) is 0.258. The number of oxime groups is 1. The van der Waals surface area contributed by atoms with Crippen molar-refractivity contribution < 1.29 is 5.21 Å². The number of anilines is 1. The number of hydrogen-bond acceptors (Lipinski definition) is 5. The summed E-state index contributed by atoms with van der Waals surface area (Å²) in [4.78, 5) is 8.87. The van der Waals surface area contributed by atoms with Gasteiger partial charge >= 0.3 is 0 Å². The Morgan fingerprint density at radius 2 is 2.17 bits per heavy atom. The molecule has 0 radical (unpaired) electrons. The summed E-state index contributed by atoms with van der Waals surface area (Å²) in [5.41, 5.74) is 6.70. The molecule has 0 atom stereocenters. The molecule has 0 amide bonds. The highest BCUT2D eigenvalue weighted by Gasteiger charge is 2.19. The van der Waals surface area contributed by atoms with Crippen molar-refractivity contribution in [1.82, 2.24) is 9.88 Å². The van der Waals surface area contributed by atoms with Gasteiger partial charge in [-0.25, -0.2) is 4.98 Å². The summed E-state index contributed by atoms with van der Waals surface area (Å²) in [5, 5.41) is 11.5. The number of amidine groups is 1. The van der Waals surface area contributed by atoms with Crippen LogP contribution in [0.3, 0.4) is 0 Å². The lowest BCUT2D eigenvalue weighted by atomic mass is 10.2. The van der Waals surface area contributed by atoms with Crippen LogP contribution in [0, 0.1) is 6.92 Å². The normalized spacial score (nSPS) is 18.1. The lowest BCUT2D eigenvalue weighted by Crippen LogP contribution is -2.49. The van der Waals surface area contributed by atoms with E-state index in [1.54, 1.807) is 0 Å². The molecule has 0 saturated carbocycles. The molecular formula is C12H19N5O. The molecule has 1 aliphatic rings. The van der Waals surface area contributed by atoms with E-state index >= 15 is 0 Å². The van der Waals surface area contributed by atoms with Gasteiger partial charge in [-0.1, -0.05) is 11.2 Å². The van der Waals surface area contributed by atoms with Crippen molar-refractivity contribution in [2.45, 2.75) is 6.92 Å². The van der Waals surface area contributed by atoms with E-state index in [0.717, 1.165) is 32.0 Å². The molecule has 6 heteroatoms. The molecule has 0 spiro atoms. The van der Waals surface area contributed by atoms with E-state index in [1.807, 2.05) is 12.3 Å². The summed E-state index contributed by atoms with van der Waals surface area (Å²) in [6, 6.07) is 4.03. The molecular weight excluding hydrogens is 230 g/mol. The third kappa shape index (κ3) is 2.89. The van der Waals surface area contributed by atoms with Gasteiger partial charge in [0.15, 0.2) is 5.84 Å². The quantitative estimate of drug-likeness (QED) is 0.348. The summed E-state index contributed by atoms with van der Waals surface area (Å²) in [7, 11) is 0. The number of nitrogens with two attached hydrogens (primary N) is 1. The topological polar surface area (TPSA) is 78.0 Å². The second kappa shape index (κ2) is 5.68. The monoisotopic (exact) mass is 249 g/mol. The van der Waals surface area contributed by atoms with E-state index < -0.39 is 0 Å². The maximum Gasteiger partial charge on any atom is 0.153 e. The van der Waals surface area contributed by atoms with Crippen molar-refractivity contribution in [2.75, 3.05) is 37.6 Å². The molecule has 98 valence electrons. The van der Waals surface area contributed by atoms with Crippen molar-refractivity contribution in [1.29, 1.82) is 0 Å². The van der Waals surface area contributed by atoms with Gasteiger partial charge in [-0.05, 0) is 18.6 Å². The van der Waals surface area contributed by atoms with Gasteiger partial charge in [0.05, 0.1) is 6.54 Å². The fraction of sp³-hybridized carbons (Fsp3) is 0.500. The number of aryl methyl sites for hydroxylation is 1. The van der Waals surface area contributed by atoms with Crippen LogP contribution >= 0.6 is 0 Å². The van der Waals surface area contributed by atoms with Crippen molar-refractivity contribution in [3.63, 3.8) is 0 Å². The molecule has 3 N–H and O–H groups in total. The Balaban J connectivity index is 1.93. The smallest absolute Gasteiger partial charge is 0.153 e. The van der Waals surface area contributed by atoms with Crippen LogP contribution < -0.4 is 10.6 Å². The second-order valence-electron chi connectivity index (χ2n) is 4.50. The van der Waals surface area contributed by atoms with Crippen LogP contribution in [0.1, 0.15) is 5.56 Å². The molecule has 0 aromatic carbocycles. The van der Waals surface area contributed by atoms with E-state index in [0.29, 0.717) is 6.54 Å². The largest absolute Gasteiger partial charge is 0.409 e. The van der Waals surface area contributed by atoms with Crippen LogP contribution in [0.15, 0.2) is 23.5 Å². The predicted molar refractivity (Wildman–Crippen MR) is 71.0 cm³/mol. The molecule has 1 aromatic rings. The molecule has 1 fully saturated rings. The SMILES string of the molecule is Cc1cccnc1N1CCN(CC(N)=NO)CC1. The number of nitrogens with zero attached hydrogens (tertiary/aromatic N) is 4. The number of hydrogen-bond donors (Lipinski definition) is 2. The molecule has 2 rings (SSSR count). The summed E-state index contributed by atoms with van der Waals surface area (Å²) >= 11 is 0. The molecule has 0 bridgehead atoms. The first-order valence-corrected chi connectivity index (χ1v) is 6.06. The zero-order valence-electron chi connectivity index (χ0n) is 10.6. The highest BCUT2D eigenvalue weighted by atomic mass is 16.4. The van der Waals surface area contributed by atoms with Gasteiger partial charge < -0.3 is 15.8 Å². The zero-order chi connectivity index (χ0) is 13.0. The minimum Gasteiger partial charge on any atom is -0.409 e. The van der Waals surface area contributed by atoms with E-state index in [1.165, 1.54) is 5.56 Å². The average Bonchev–Trinajstić information content (AvgIpc) is 2.40.